The Kier molecular flexibility index (Phi) is 3.57. The Morgan fingerprint density at radius 3 is 2.17 bits per heavy atom. The molecule has 0 aromatic carbocycles. The van der Waals surface area contributed by atoms with Crippen LogP contribution < -0.4 is 0 Å². The molecule has 1 aliphatic heterocycles. The first kappa shape index (κ1) is 8.46. The van der Waals surface area contributed by atoms with Gasteiger partial charge in [-0.25, -0.2) is 4.79 Å². The number of carbonyl (C=O) groups is 1. The lowest BCUT2D eigenvalue weighted by Gasteiger charge is -1.81. The number of hydrogen-bond acceptors (Lipinski definition) is 3. The molecule has 0 atom stereocenters. The number of carbonyl (C=O) groups excluding carboxylic acids is 1. The van der Waals surface area contributed by atoms with Crippen LogP contribution in [0, 0.1) is 0 Å². The van der Waals surface area contributed by atoms with Crippen molar-refractivity contribution >= 4 is 5.97 Å². The maximum absolute atomic E-state index is 9.93. The molecule has 0 saturated carbocycles. The van der Waals surface area contributed by atoms with Crippen LogP contribution in [-0.2, 0) is 9.53 Å². The first-order chi connectivity index (χ1) is 5.89. The lowest BCUT2D eigenvalue weighted by molar-refractivity contribution is -0.134. The van der Waals surface area contributed by atoms with Gasteiger partial charge in [-0.05, 0) is 18.2 Å². The number of pyridine rings is 1. The summed E-state index contributed by atoms with van der Waals surface area (Å²) in [5.74, 6) is -0.227. The summed E-state index contributed by atoms with van der Waals surface area (Å²) in [5, 5.41) is 0. The zero-order valence-corrected chi connectivity index (χ0v) is 6.51. The molecule has 1 aromatic rings. The standard InChI is InChI=1S/C5H5N.C4H4O2/c1-2-4-6-5-3-1;5-4-2-1-3-6-4/h1-5H;1-2H,3H2. The zero-order valence-electron chi connectivity index (χ0n) is 6.51. The molecule has 0 saturated heterocycles. The van der Waals surface area contributed by atoms with Crippen molar-refractivity contribution in [3.8, 4) is 0 Å². The summed E-state index contributed by atoms with van der Waals surface area (Å²) in [6.07, 6.45) is 6.60. The highest BCUT2D eigenvalue weighted by atomic mass is 16.5. The third-order valence-electron chi connectivity index (χ3n) is 1.14. The van der Waals surface area contributed by atoms with Crippen LogP contribution in [0.1, 0.15) is 0 Å². The van der Waals surface area contributed by atoms with Gasteiger partial charge in [0.2, 0.25) is 0 Å². The van der Waals surface area contributed by atoms with Gasteiger partial charge in [-0.15, -0.1) is 0 Å². The van der Waals surface area contributed by atoms with E-state index in [-0.39, 0.29) is 5.97 Å². The van der Waals surface area contributed by atoms with Gasteiger partial charge in [-0.3, -0.25) is 4.98 Å². The van der Waals surface area contributed by atoms with Gasteiger partial charge in [0.05, 0.1) is 0 Å². The lowest BCUT2D eigenvalue weighted by Crippen LogP contribution is -1.89. The molecule has 0 bridgehead atoms. The molecule has 12 heavy (non-hydrogen) atoms. The Labute approximate surface area is 70.7 Å². The van der Waals surface area contributed by atoms with E-state index >= 15 is 0 Å². The van der Waals surface area contributed by atoms with Crippen LogP contribution in [0.4, 0.5) is 0 Å². The van der Waals surface area contributed by atoms with Crippen molar-refractivity contribution in [2.75, 3.05) is 6.61 Å². The highest BCUT2D eigenvalue weighted by molar-refractivity contribution is 5.83. The van der Waals surface area contributed by atoms with Crippen molar-refractivity contribution in [2.45, 2.75) is 0 Å². The number of ether oxygens (including phenoxy) is 1. The predicted octanol–water partition coefficient (Wildman–Crippen LogP) is 1.18. The van der Waals surface area contributed by atoms with E-state index in [0.29, 0.717) is 6.61 Å². The molecular formula is C9H9NO2. The normalized spacial score (nSPS) is 13.2. The highest BCUT2D eigenvalue weighted by Crippen LogP contribution is 1.89. The first-order valence-corrected chi connectivity index (χ1v) is 3.58. The lowest BCUT2D eigenvalue weighted by atomic mass is 10.5. The van der Waals surface area contributed by atoms with Crippen molar-refractivity contribution in [3.63, 3.8) is 0 Å². The molecule has 0 amide bonds. The van der Waals surface area contributed by atoms with E-state index in [2.05, 4.69) is 9.72 Å². The van der Waals surface area contributed by atoms with Gasteiger partial charge in [-0.2, -0.15) is 0 Å². The van der Waals surface area contributed by atoms with Crippen LogP contribution in [0.2, 0.25) is 0 Å². The van der Waals surface area contributed by atoms with Crippen LogP contribution in [0.15, 0.2) is 42.7 Å². The number of cyclic esters (lactones) is 1. The largest absolute Gasteiger partial charge is 0.458 e. The second-order valence-electron chi connectivity index (χ2n) is 2.06. The number of rotatable bonds is 0. The number of aromatic nitrogens is 1. The maximum atomic E-state index is 9.93. The monoisotopic (exact) mass is 163 g/mol. The fourth-order valence-corrected chi connectivity index (χ4v) is 0.635. The summed E-state index contributed by atoms with van der Waals surface area (Å²) in [5.41, 5.74) is 0. The average molecular weight is 163 g/mol. The third-order valence-corrected chi connectivity index (χ3v) is 1.14. The van der Waals surface area contributed by atoms with Gasteiger partial charge in [0.15, 0.2) is 0 Å². The van der Waals surface area contributed by atoms with E-state index in [1.54, 1.807) is 18.5 Å². The fourth-order valence-electron chi connectivity index (χ4n) is 0.635. The Bertz CT molecular complexity index is 230. The van der Waals surface area contributed by atoms with E-state index in [1.165, 1.54) is 6.08 Å². The second kappa shape index (κ2) is 5.07. The van der Waals surface area contributed by atoms with Crippen molar-refractivity contribution in [1.82, 2.24) is 4.98 Å². The summed E-state index contributed by atoms with van der Waals surface area (Å²) in [6, 6.07) is 5.72. The molecule has 2 heterocycles. The highest BCUT2D eigenvalue weighted by Gasteiger charge is 1.98. The molecular weight excluding hydrogens is 154 g/mol. The molecule has 0 aliphatic carbocycles. The fraction of sp³-hybridized carbons (Fsp3) is 0.111. The Balaban J connectivity index is 0.000000120. The van der Waals surface area contributed by atoms with E-state index in [4.69, 9.17) is 0 Å². The van der Waals surface area contributed by atoms with Crippen LogP contribution in [0.25, 0.3) is 0 Å². The molecule has 3 nitrogen and oxygen atoms in total. The molecule has 2 rings (SSSR count). The Hall–Kier alpha value is -1.64. The molecule has 3 heteroatoms. The molecule has 0 N–H and O–H groups in total. The van der Waals surface area contributed by atoms with Crippen LogP contribution in [0.5, 0.6) is 0 Å². The Morgan fingerprint density at radius 2 is 2.00 bits per heavy atom. The minimum atomic E-state index is -0.227. The summed E-state index contributed by atoms with van der Waals surface area (Å²) >= 11 is 0. The van der Waals surface area contributed by atoms with Crippen LogP contribution in [0.3, 0.4) is 0 Å². The number of hydrogen-bond donors (Lipinski definition) is 0. The van der Waals surface area contributed by atoms with Gasteiger partial charge in [0.1, 0.15) is 6.61 Å². The number of esters is 1. The van der Waals surface area contributed by atoms with Crippen molar-refractivity contribution in [2.24, 2.45) is 0 Å². The van der Waals surface area contributed by atoms with Crippen molar-refractivity contribution in [1.29, 1.82) is 0 Å². The topological polar surface area (TPSA) is 39.2 Å². The smallest absolute Gasteiger partial charge is 0.330 e. The minimum absolute atomic E-state index is 0.227. The van der Waals surface area contributed by atoms with E-state index < -0.39 is 0 Å². The van der Waals surface area contributed by atoms with Gasteiger partial charge in [-0.1, -0.05) is 6.07 Å². The summed E-state index contributed by atoms with van der Waals surface area (Å²) in [7, 11) is 0. The van der Waals surface area contributed by atoms with Crippen molar-refractivity contribution < 1.29 is 9.53 Å². The molecule has 0 spiro atoms. The van der Waals surface area contributed by atoms with E-state index in [1.807, 2.05) is 18.2 Å². The molecule has 1 aromatic heterocycles. The van der Waals surface area contributed by atoms with E-state index in [0.717, 1.165) is 0 Å². The molecule has 0 radical (unpaired) electrons. The Morgan fingerprint density at radius 1 is 1.25 bits per heavy atom. The summed E-state index contributed by atoms with van der Waals surface area (Å²) < 4.78 is 4.40. The predicted molar refractivity (Wildman–Crippen MR) is 44.3 cm³/mol. The molecule has 62 valence electrons. The SMILES string of the molecule is O=C1C=CCO1.c1ccncc1. The maximum Gasteiger partial charge on any atom is 0.330 e. The first-order valence-electron chi connectivity index (χ1n) is 3.58. The van der Waals surface area contributed by atoms with Gasteiger partial charge in [0.25, 0.3) is 0 Å². The minimum Gasteiger partial charge on any atom is -0.458 e. The van der Waals surface area contributed by atoms with Gasteiger partial charge in [0, 0.05) is 18.5 Å². The van der Waals surface area contributed by atoms with Crippen molar-refractivity contribution in [3.05, 3.63) is 42.7 Å². The summed E-state index contributed by atoms with van der Waals surface area (Å²) in [6.45, 7) is 0.457. The molecule has 1 aliphatic rings. The second-order valence-corrected chi connectivity index (χ2v) is 2.06. The molecule has 0 unspecified atom stereocenters. The van der Waals surface area contributed by atoms with Gasteiger partial charge < -0.3 is 4.74 Å². The average Bonchev–Trinajstić information content (AvgIpc) is 2.60. The van der Waals surface area contributed by atoms with E-state index in [9.17, 15) is 4.79 Å². The molecule has 0 fully saturated rings. The quantitative estimate of drug-likeness (QED) is 0.539. The zero-order chi connectivity index (χ0) is 8.65. The van der Waals surface area contributed by atoms with Crippen LogP contribution in [-0.4, -0.2) is 17.6 Å². The number of nitrogens with zero attached hydrogens (tertiary/aromatic N) is 1. The van der Waals surface area contributed by atoms with Gasteiger partial charge >= 0.3 is 5.97 Å². The van der Waals surface area contributed by atoms with Crippen LogP contribution >= 0.6 is 0 Å². The third kappa shape index (κ3) is 3.51. The summed E-state index contributed by atoms with van der Waals surface area (Å²) in [4.78, 5) is 13.7.